The molecular formula is C25H37N5O6S. The third-order valence-electron chi connectivity index (χ3n) is 6.04. The van der Waals surface area contributed by atoms with Crippen molar-refractivity contribution in [3.05, 3.63) is 36.0 Å². The number of carbonyl (C=O) groups excluding carboxylic acids is 3. The Bertz CT molecular complexity index is 1090. The van der Waals surface area contributed by atoms with Crippen LogP contribution in [0.5, 0.6) is 0 Å². The summed E-state index contributed by atoms with van der Waals surface area (Å²) in [4.78, 5) is 53.7. The zero-order valence-electron chi connectivity index (χ0n) is 21.5. The number of aliphatic hydroxyl groups is 1. The molecule has 0 saturated heterocycles. The van der Waals surface area contributed by atoms with Gasteiger partial charge < -0.3 is 36.9 Å². The van der Waals surface area contributed by atoms with Crippen LogP contribution in [-0.2, 0) is 25.6 Å². The number of fused-ring (bicyclic) bond motifs is 1. The molecule has 5 unspecified atom stereocenters. The minimum atomic E-state index is -1.56. The Morgan fingerprint density at radius 2 is 1.62 bits per heavy atom. The molecular weight excluding hydrogens is 498 g/mol. The molecule has 37 heavy (non-hydrogen) atoms. The van der Waals surface area contributed by atoms with Gasteiger partial charge in [0.25, 0.3) is 0 Å². The first-order valence-electron chi connectivity index (χ1n) is 12.1. The lowest BCUT2D eigenvalue weighted by Gasteiger charge is -2.26. The number of nitrogens with two attached hydrogens (primary N) is 1. The van der Waals surface area contributed by atoms with Gasteiger partial charge in [0, 0.05) is 23.5 Å². The molecule has 11 nitrogen and oxygen atoms in total. The Morgan fingerprint density at radius 1 is 1.00 bits per heavy atom. The highest BCUT2D eigenvalue weighted by Crippen LogP contribution is 2.19. The number of hydrogen-bond acceptors (Lipinski definition) is 7. The maximum atomic E-state index is 13.3. The Kier molecular flexibility index (Phi) is 11.4. The number of hydrogen-bond donors (Lipinski definition) is 7. The second kappa shape index (κ2) is 14.0. The van der Waals surface area contributed by atoms with Crippen molar-refractivity contribution in [3.8, 4) is 0 Å². The van der Waals surface area contributed by atoms with E-state index in [9.17, 15) is 29.4 Å². The summed E-state index contributed by atoms with van der Waals surface area (Å²) in [6.07, 6.45) is 2.57. The molecule has 1 aromatic carbocycles. The van der Waals surface area contributed by atoms with Gasteiger partial charge in [-0.3, -0.25) is 14.4 Å². The van der Waals surface area contributed by atoms with Crippen molar-refractivity contribution in [1.29, 1.82) is 0 Å². The standard InChI is InChI=1S/C25H37N5O6S/c1-13(2)20(26)24(34)28-18(9-10-37-4)22(32)29-19(23(33)30-21(14(3)31)25(35)36)11-15-12-27-17-8-6-5-7-16(15)17/h5-8,12-14,18-21,27,31H,9-11,26H2,1-4H3,(H,28,34)(H,29,32)(H,30,33)(H,35,36). The average molecular weight is 536 g/mol. The Hall–Kier alpha value is -3.09. The lowest BCUT2D eigenvalue weighted by molar-refractivity contribution is -0.145. The second-order valence-electron chi connectivity index (χ2n) is 9.30. The molecule has 0 aliphatic rings. The Balaban J connectivity index is 2.32. The van der Waals surface area contributed by atoms with E-state index in [1.807, 2.05) is 30.5 Å². The van der Waals surface area contributed by atoms with Crippen LogP contribution in [0, 0.1) is 5.92 Å². The lowest BCUT2D eigenvalue weighted by atomic mass is 10.0. The number of benzene rings is 1. The molecule has 0 spiro atoms. The quantitative estimate of drug-likeness (QED) is 0.181. The van der Waals surface area contributed by atoms with Gasteiger partial charge in [0.2, 0.25) is 17.7 Å². The highest BCUT2D eigenvalue weighted by molar-refractivity contribution is 7.98. The molecule has 5 atom stereocenters. The zero-order valence-corrected chi connectivity index (χ0v) is 22.3. The first-order valence-corrected chi connectivity index (χ1v) is 13.5. The smallest absolute Gasteiger partial charge is 0.328 e. The highest BCUT2D eigenvalue weighted by Gasteiger charge is 2.32. The molecule has 8 N–H and O–H groups in total. The topological polar surface area (TPSA) is 187 Å². The molecule has 1 aromatic heterocycles. The van der Waals surface area contributed by atoms with Crippen LogP contribution >= 0.6 is 11.8 Å². The van der Waals surface area contributed by atoms with E-state index in [4.69, 9.17) is 5.73 Å². The van der Waals surface area contributed by atoms with Crippen LogP contribution in [0.25, 0.3) is 10.9 Å². The normalized spacial score (nSPS) is 15.4. The van der Waals surface area contributed by atoms with Gasteiger partial charge in [0.05, 0.1) is 12.1 Å². The summed E-state index contributed by atoms with van der Waals surface area (Å²) in [7, 11) is 0. The van der Waals surface area contributed by atoms with Crippen LogP contribution in [0.1, 0.15) is 32.8 Å². The molecule has 2 aromatic rings. The Labute approximate surface area is 220 Å². The minimum Gasteiger partial charge on any atom is -0.480 e. The van der Waals surface area contributed by atoms with Gasteiger partial charge in [-0.2, -0.15) is 11.8 Å². The van der Waals surface area contributed by atoms with Crippen molar-refractivity contribution in [2.75, 3.05) is 12.0 Å². The summed E-state index contributed by atoms with van der Waals surface area (Å²) in [5.41, 5.74) is 7.51. The number of carbonyl (C=O) groups is 4. The first-order chi connectivity index (χ1) is 17.5. The number of nitrogens with one attached hydrogen (secondary N) is 4. The summed E-state index contributed by atoms with van der Waals surface area (Å²) < 4.78 is 0. The maximum absolute atomic E-state index is 13.3. The van der Waals surface area contributed by atoms with Crippen LogP contribution in [0.15, 0.2) is 30.5 Å². The summed E-state index contributed by atoms with van der Waals surface area (Å²) >= 11 is 1.50. The number of thioether (sulfide) groups is 1. The maximum Gasteiger partial charge on any atom is 0.328 e. The number of para-hydroxylation sites is 1. The third-order valence-corrected chi connectivity index (χ3v) is 6.69. The highest BCUT2D eigenvalue weighted by atomic mass is 32.2. The minimum absolute atomic E-state index is 0.0441. The largest absolute Gasteiger partial charge is 0.480 e. The van der Waals surface area contributed by atoms with E-state index in [-0.39, 0.29) is 12.3 Å². The molecule has 2 rings (SSSR count). The van der Waals surface area contributed by atoms with E-state index in [0.717, 1.165) is 16.5 Å². The fourth-order valence-corrected chi connectivity index (χ4v) is 4.19. The number of aromatic amines is 1. The van der Waals surface area contributed by atoms with Gasteiger partial charge in [0.15, 0.2) is 6.04 Å². The lowest BCUT2D eigenvalue weighted by Crippen LogP contribution is -2.59. The number of carboxylic acids is 1. The van der Waals surface area contributed by atoms with E-state index in [1.165, 1.54) is 18.7 Å². The van der Waals surface area contributed by atoms with Crippen molar-refractivity contribution in [1.82, 2.24) is 20.9 Å². The van der Waals surface area contributed by atoms with E-state index in [2.05, 4.69) is 20.9 Å². The van der Waals surface area contributed by atoms with Gasteiger partial charge in [-0.1, -0.05) is 32.0 Å². The number of aliphatic carboxylic acids is 1. The summed E-state index contributed by atoms with van der Waals surface area (Å²) in [6, 6.07) is 2.93. The SMILES string of the molecule is CSCCC(NC(=O)C(N)C(C)C)C(=O)NC(Cc1c[nH]c2ccccc12)C(=O)NC(C(=O)O)C(C)O. The fourth-order valence-electron chi connectivity index (χ4n) is 3.72. The molecule has 204 valence electrons. The molecule has 0 aliphatic heterocycles. The van der Waals surface area contributed by atoms with E-state index in [1.54, 1.807) is 20.0 Å². The van der Waals surface area contributed by atoms with Crippen LogP contribution < -0.4 is 21.7 Å². The molecule has 12 heteroatoms. The average Bonchev–Trinajstić information content (AvgIpc) is 3.25. The van der Waals surface area contributed by atoms with Gasteiger partial charge in [-0.15, -0.1) is 0 Å². The molecule has 0 bridgehead atoms. The van der Waals surface area contributed by atoms with Crippen LogP contribution in [-0.4, -0.2) is 81.2 Å². The fraction of sp³-hybridized carbons (Fsp3) is 0.520. The number of H-pyrrole nitrogens is 1. The van der Waals surface area contributed by atoms with E-state index < -0.39 is 54.0 Å². The van der Waals surface area contributed by atoms with Gasteiger partial charge >= 0.3 is 5.97 Å². The Morgan fingerprint density at radius 3 is 2.22 bits per heavy atom. The summed E-state index contributed by atoms with van der Waals surface area (Å²) in [5.74, 6) is -2.83. The number of aliphatic hydroxyl groups excluding tert-OH is 1. The van der Waals surface area contributed by atoms with Crippen molar-refractivity contribution in [3.63, 3.8) is 0 Å². The van der Waals surface area contributed by atoms with Crippen LogP contribution in [0.3, 0.4) is 0 Å². The predicted octanol–water partition coefficient (Wildman–Crippen LogP) is 0.367. The van der Waals surface area contributed by atoms with E-state index >= 15 is 0 Å². The van der Waals surface area contributed by atoms with Crippen LogP contribution in [0.2, 0.25) is 0 Å². The third kappa shape index (κ3) is 8.48. The monoisotopic (exact) mass is 535 g/mol. The van der Waals surface area contributed by atoms with Crippen molar-refractivity contribution >= 4 is 46.4 Å². The molecule has 0 fully saturated rings. The van der Waals surface area contributed by atoms with Gasteiger partial charge in [-0.25, -0.2) is 4.79 Å². The number of aromatic nitrogens is 1. The second-order valence-corrected chi connectivity index (χ2v) is 10.3. The molecule has 3 amide bonds. The molecule has 0 saturated carbocycles. The van der Waals surface area contributed by atoms with Gasteiger partial charge in [-0.05, 0) is 42.9 Å². The predicted molar refractivity (Wildman–Crippen MR) is 143 cm³/mol. The van der Waals surface area contributed by atoms with Crippen molar-refractivity contribution < 1.29 is 29.4 Å². The molecule has 1 heterocycles. The molecule has 0 radical (unpaired) electrons. The van der Waals surface area contributed by atoms with E-state index in [0.29, 0.717) is 12.2 Å². The summed E-state index contributed by atoms with van der Waals surface area (Å²) in [6.45, 7) is 4.84. The number of amides is 3. The zero-order chi connectivity index (χ0) is 27.7. The first kappa shape index (κ1) is 30.1. The van der Waals surface area contributed by atoms with Crippen LogP contribution in [0.4, 0.5) is 0 Å². The van der Waals surface area contributed by atoms with Crippen molar-refractivity contribution in [2.24, 2.45) is 11.7 Å². The summed E-state index contributed by atoms with van der Waals surface area (Å²) in [5, 5.41) is 27.7. The van der Waals surface area contributed by atoms with Gasteiger partial charge in [0.1, 0.15) is 12.1 Å². The number of carboxylic acid groups (broad SMARTS) is 1. The van der Waals surface area contributed by atoms with Crippen molar-refractivity contribution in [2.45, 2.75) is 63.9 Å². The number of rotatable bonds is 14. The molecule has 0 aliphatic carbocycles.